The Labute approximate surface area is 313 Å². The molecule has 7 rings (SSSR count). The first-order valence-corrected chi connectivity index (χ1v) is 18.9. The maximum atomic E-state index is 10.3. The van der Waals surface area contributed by atoms with Crippen molar-refractivity contribution in [3.05, 3.63) is 179 Å². The van der Waals surface area contributed by atoms with Gasteiger partial charge in [0.25, 0.3) is 0 Å². The van der Waals surface area contributed by atoms with E-state index >= 15 is 0 Å². The third kappa shape index (κ3) is 7.85. The van der Waals surface area contributed by atoms with Crippen LogP contribution >= 0.6 is 23.5 Å². The highest BCUT2D eigenvalue weighted by Crippen LogP contribution is 2.37. The quantitative estimate of drug-likeness (QED) is 0.132. The standard InChI is InChI=1S/C46H34N4S2/c1-31-13-21-35(22-14-31)39-25-43(37-9-5-3-6-10-37)49-45(41(39)27-47)51-29-33-17-19-34(20-18-33)30-52-46-42(28-48)40(36-23-15-32(2)16-24-36)26-44(50-46)38-11-7-4-8-12-38/h3-26H,29-30H2,1-2H3. The molecule has 4 nitrogen and oxygen atoms in total. The van der Waals surface area contributed by atoms with Gasteiger partial charge in [0.05, 0.1) is 22.5 Å². The lowest BCUT2D eigenvalue weighted by Gasteiger charge is -2.14. The van der Waals surface area contributed by atoms with Crippen LogP contribution in [0.2, 0.25) is 0 Å². The Hall–Kier alpha value is -5.92. The Morgan fingerprint density at radius 2 is 0.827 bits per heavy atom. The lowest BCUT2D eigenvalue weighted by Crippen LogP contribution is -1.97. The van der Waals surface area contributed by atoms with E-state index in [1.165, 1.54) is 11.1 Å². The Balaban J connectivity index is 1.13. The summed E-state index contributed by atoms with van der Waals surface area (Å²) in [6, 6.07) is 54.3. The Kier molecular flexibility index (Phi) is 10.6. The first-order chi connectivity index (χ1) is 25.5. The van der Waals surface area contributed by atoms with Gasteiger partial charge in [-0.25, -0.2) is 9.97 Å². The summed E-state index contributed by atoms with van der Waals surface area (Å²) in [6.07, 6.45) is 0. The number of benzene rings is 5. The second kappa shape index (κ2) is 16.0. The molecule has 7 aromatic rings. The molecule has 0 aliphatic heterocycles. The third-order valence-corrected chi connectivity index (χ3v) is 10.9. The summed E-state index contributed by atoms with van der Waals surface area (Å²) in [4.78, 5) is 9.99. The van der Waals surface area contributed by atoms with Gasteiger partial charge in [0.1, 0.15) is 22.2 Å². The molecule has 0 fully saturated rings. The molecule has 0 saturated heterocycles. The number of aryl methyl sites for hydroxylation is 2. The minimum atomic E-state index is 0.588. The van der Waals surface area contributed by atoms with Crippen LogP contribution in [0.25, 0.3) is 44.8 Å². The molecule has 0 amide bonds. The van der Waals surface area contributed by atoms with E-state index < -0.39 is 0 Å². The van der Waals surface area contributed by atoms with Gasteiger partial charge in [-0.1, -0.05) is 145 Å². The lowest BCUT2D eigenvalue weighted by atomic mass is 9.98. The van der Waals surface area contributed by atoms with Gasteiger partial charge in [-0.3, -0.25) is 0 Å². The SMILES string of the molecule is Cc1ccc(-c2cc(-c3ccccc3)nc(SCc3ccc(CSc4nc(-c5ccccc5)cc(-c5ccc(C)cc5)c4C#N)cc3)c2C#N)cc1. The number of hydrogen-bond acceptors (Lipinski definition) is 6. The molecule has 0 N–H and O–H groups in total. The van der Waals surface area contributed by atoms with Crippen LogP contribution < -0.4 is 0 Å². The van der Waals surface area contributed by atoms with Crippen LogP contribution in [0.4, 0.5) is 0 Å². The van der Waals surface area contributed by atoms with Crippen LogP contribution in [-0.2, 0) is 11.5 Å². The minimum Gasteiger partial charge on any atom is -0.240 e. The monoisotopic (exact) mass is 706 g/mol. The van der Waals surface area contributed by atoms with Crippen molar-refractivity contribution in [2.45, 2.75) is 35.4 Å². The zero-order valence-electron chi connectivity index (χ0n) is 28.9. The summed E-state index contributed by atoms with van der Waals surface area (Å²) >= 11 is 3.16. The third-order valence-electron chi connectivity index (χ3n) is 8.83. The van der Waals surface area contributed by atoms with E-state index in [0.29, 0.717) is 22.6 Å². The first kappa shape index (κ1) is 34.5. The molecule has 0 aliphatic carbocycles. The Bertz CT molecular complexity index is 2240. The molecule has 0 spiro atoms. The molecular formula is C46H34N4S2. The number of pyridine rings is 2. The van der Waals surface area contributed by atoms with Crippen molar-refractivity contribution in [1.82, 2.24) is 9.97 Å². The lowest BCUT2D eigenvalue weighted by molar-refractivity contribution is 1.11. The molecule has 0 unspecified atom stereocenters. The van der Waals surface area contributed by atoms with Crippen LogP contribution in [0.1, 0.15) is 33.4 Å². The van der Waals surface area contributed by atoms with Gasteiger partial charge in [-0.05, 0) is 48.2 Å². The van der Waals surface area contributed by atoms with Crippen molar-refractivity contribution in [3.8, 4) is 56.9 Å². The summed E-state index contributed by atoms with van der Waals surface area (Å²) in [5, 5.41) is 22.1. The summed E-state index contributed by atoms with van der Waals surface area (Å²) in [5.74, 6) is 1.33. The fourth-order valence-corrected chi connectivity index (χ4v) is 7.86. The number of thioether (sulfide) groups is 2. The molecule has 0 radical (unpaired) electrons. The second-order valence-electron chi connectivity index (χ2n) is 12.6. The zero-order valence-corrected chi connectivity index (χ0v) is 30.5. The van der Waals surface area contributed by atoms with E-state index in [1.54, 1.807) is 23.5 Å². The van der Waals surface area contributed by atoms with Gasteiger partial charge in [-0.15, -0.1) is 23.5 Å². The second-order valence-corrected chi connectivity index (χ2v) is 14.5. The summed E-state index contributed by atoms with van der Waals surface area (Å²) in [7, 11) is 0. The maximum absolute atomic E-state index is 10.3. The molecule has 2 aromatic heterocycles. The molecule has 0 bridgehead atoms. The number of hydrogen-bond donors (Lipinski definition) is 0. The molecule has 2 heterocycles. The van der Waals surface area contributed by atoms with Crippen LogP contribution in [0.5, 0.6) is 0 Å². The van der Waals surface area contributed by atoms with E-state index in [0.717, 1.165) is 65.9 Å². The van der Waals surface area contributed by atoms with Crippen molar-refractivity contribution in [2.75, 3.05) is 0 Å². The first-order valence-electron chi connectivity index (χ1n) is 17.0. The van der Waals surface area contributed by atoms with Gasteiger partial charge < -0.3 is 0 Å². The normalized spacial score (nSPS) is 10.8. The summed E-state index contributed by atoms with van der Waals surface area (Å²) in [6.45, 7) is 4.13. The Morgan fingerprint density at radius 3 is 1.17 bits per heavy atom. The fourth-order valence-electron chi connectivity index (χ4n) is 5.94. The average Bonchev–Trinajstić information content (AvgIpc) is 3.20. The highest BCUT2D eigenvalue weighted by atomic mass is 32.2. The zero-order chi connectivity index (χ0) is 35.9. The Morgan fingerprint density at radius 1 is 0.462 bits per heavy atom. The van der Waals surface area contributed by atoms with Crippen LogP contribution in [0.3, 0.4) is 0 Å². The minimum absolute atomic E-state index is 0.588. The van der Waals surface area contributed by atoms with Crippen molar-refractivity contribution in [2.24, 2.45) is 0 Å². The number of aromatic nitrogens is 2. The number of nitriles is 2. The van der Waals surface area contributed by atoms with Gasteiger partial charge in [0.2, 0.25) is 0 Å². The molecule has 5 aromatic carbocycles. The molecular weight excluding hydrogens is 673 g/mol. The maximum Gasteiger partial charge on any atom is 0.115 e. The molecule has 0 atom stereocenters. The van der Waals surface area contributed by atoms with Gasteiger partial charge in [0, 0.05) is 33.8 Å². The predicted molar refractivity (Wildman–Crippen MR) is 215 cm³/mol. The molecule has 250 valence electrons. The van der Waals surface area contributed by atoms with Crippen molar-refractivity contribution < 1.29 is 0 Å². The number of nitrogens with zero attached hydrogens (tertiary/aromatic N) is 4. The van der Waals surface area contributed by atoms with Crippen molar-refractivity contribution in [1.29, 1.82) is 10.5 Å². The summed E-state index contributed by atoms with van der Waals surface area (Å²) < 4.78 is 0. The van der Waals surface area contributed by atoms with Gasteiger partial charge >= 0.3 is 0 Å². The predicted octanol–water partition coefficient (Wildman–Crippen LogP) is 12.1. The smallest absolute Gasteiger partial charge is 0.115 e. The fraction of sp³-hybridized carbons (Fsp3) is 0.0870. The number of rotatable bonds is 10. The van der Waals surface area contributed by atoms with E-state index in [-0.39, 0.29) is 0 Å². The molecule has 52 heavy (non-hydrogen) atoms. The van der Waals surface area contributed by atoms with Gasteiger partial charge in [0.15, 0.2) is 0 Å². The van der Waals surface area contributed by atoms with Crippen molar-refractivity contribution in [3.63, 3.8) is 0 Å². The topological polar surface area (TPSA) is 73.4 Å². The molecule has 6 heteroatoms. The average molecular weight is 707 g/mol. The highest BCUT2D eigenvalue weighted by molar-refractivity contribution is 7.98. The van der Waals surface area contributed by atoms with E-state index in [1.807, 2.05) is 48.5 Å². The van der Waals surface area contributed by atoms with Crippen LogP contribution in [0.15, 0.2) is 156 Å². The van der Waals surface area contributed by atoms with Crippen molar-refractivity contribution >= 4 is 23.5 Å². The van der Waals surface area contributed by atoms with E-state index in [2.05, 4.69) is 123 Å². The van der Waals surface area contributed by atoms with Gasteiger partial charge in [-0.2, -0.15) is 10.5 Å². The largest absolute Gasteiger partial charge is 0.240 e. The van der Waals surface area contributed by atoms with E-state index in [9.17, 15) is 10.5 Å². The van der Waals surface area contributed by atoms with Crippen LogP contribution in [0, 0.1) is 36.5 Å². The summed E-state index contributed by atoms with van der Waals surface area (Å²) in [5.41, 5.74) is 13.3. The molecule has 0 aliphatic rings. The van der Waals surface area contributed by atoms with E-state index in [4.69, 9.17) is 9.97 Å². The van der Waals surface area contributed by atoms with Crippen LogP contribution in [-0.4, -0.2) is 9.97 Å². The highest BCUT2D eigenvalue weighted by Gasteiger charge is 2.18. The molecule has 0 saturated carbocycles.